The summed E-state index contributed by atoms with van der Waals surface area (Å²) in [5.41, 5.74) is 0.318. The van der Waals surface area contributed by atoms with Crippen molar-refractivity contribution in [2.24, 2.45) is 5.92 Å². The van der Waals surface area contributed by atoms with E-state index in [4.69, 9.17) is 9.47 Å². The van der Waals surface area contributed by atoms with Crippen molar-refractivity contribution in [1.29, 1.82) is 0 Å². The van der Waals surface area contributed by atoms with Gasteiger partial charge in [-0.2, -0.15) is 0 Å². The van der Waals surface area contributed by atoms with Gasteiger partial charge in [0.15, 0.2) is 6.61 Å². The average molecular weight is 390 g/mol. The van der Waals surface area contributed by atoms with Crippen LogP contribution in [0, 0.1) is 11.7 Å². The van der Waals surface area contributed by atoms with Gasteiger partial charge in [-0.15, -0.1) is 0 Å². The smallest absolute Gasteiger partial charge is 0.262 e. The predicted octanol–water partition coefficient (Wildman–Crippen LogP) is 3.36. The summed E-state index contributed by atoms with van der Waals surface area (Å²) in [4.78, 5) is 26.0. The van der Waals surface area contributed by atoms with Gasteiger partial charge in [-0.3, -0.25) is 9.59 Å². The van der Waals surface area contributed by atoms with E-state index in [2.05, 4.69) is 5.32 Å². The molecule has 0 spiro atoms. The van der Waals surface area contributed by atoms with Crippen LogP contribution in [0.5, 0.6) is 5.75 Å². The Hall–Kier alpha value is -2.15. The Morgan fingerprint density at radius 1 is 1.18 bits per heavy atom. The summed E-state index contributed by atoms with van der Waals surface area (Å²) in [5.74, 6) is -0.565. The molecule has 7 heteroatoms. The molecule has 2 heterocycles. The topological polar surface area (TPSA) is 67.9 Å². The van der Waals surface area contributed by atoms with Gasteiger partial charge in [0.2, 0.25) is 0 Å². The molecule has 1 saturated carbocycles. The highest BCUT2D eigenvalue weighted by molar-refractivity contribution is 6.00. The molecule has 1 aromatic rings. The number of anilines is 1. The van der Waals surface area contributed by atoms with Gasteiger partial charge < -0.3 is 19.7 Å². The monoisotopic (exact) mass is 390 g/mol. The number of nitrogens with zero attached hydrogens (tertiary/aromatic N) is 1. The number of nitrogens with one attached hydrogen (secondary N) is 1. The van der Waals surface area contributed by atoms with Crippen molar-refractivity contribution in [3.8, 4) is 5.75 Å². The minimum absolute atomic E-state index is 0.0264. The molecule has 6 nitrogen and oxygen atoms in total. The quantitative estimate of drug-likeness (QED) is 0.856. The summed E-state index contributed by atoms with van der Waals surface area (Å²) in [7, 11) is 0. The van der Waals surface area contributed by atoms with E-state index in [9.17, 15) is 14.0 Å². The third kappa shape index (κ3) is 4.29. The summed E-state index contributed by atoms with van der Waals surface area (Å²) >= 11 is 0. The Kier molecular flexibility index (Phi) is 5.80. The molecule has 152 valence electrons. The Bertz CT molecular complexity index is 740. The minimum Gasteiger partial charge on any atom is -0.481 e. The number of likely N-dealkylation sites (tertiary alicyclic amines) is 1. The van der Waals surface area contributed by atoms with Crippen molar-refractivity contribution in [2.45, 2.75) is 51.0 Å². The molecule has 0 unspecified atom stereocenters. The summed E-state index contributed by atoms with van der Waals surface area (Å²) in [6.45, 7) is 1.80. The summed E-state index contributed by atoms with van der Waals surface area (Å²) in [6, 6.07) is 2.55. The molecule has 3 aliphatic rings. The van der Waals surface area contributed by atoms with Crippen molar-refractivity contribution in [2.75, 3.05) is 31.6 Å². The standard InChI is InChI=1S/C21H27FN2O4/c22-17-11-19-18(23-20(25)13-28-19)10-16(17)21(26)24-8-6-14(7-9-24)12-27-15-4-2-1-3-5-15/h10-11,14-15H,1-9,12-13H2,(H,23,25). The number of rotatable bonds is 4. The number of carbonyl (C=O) groups is 2. The Morgan fingerprint density at radius 2 is 1.93 bits per heavy atom. The van der Waals surface area contributed by atoms with Gasteiger partial charge in [0, 0.05) is 25.8 Å². The van der Waals surface area contributed by atoms with E-state index in [-0.39, 0.29) is 29.7 Å². The number of piperidine rings is 1. The molecule has 28 heavy (non-hydrogen) atoms. The first-order valence-corrected chi connectivity index (χ1v) is 10.3. The van der Waals surface area contributed by atoms with E-state index in [1.54, 1.807) is 4.90 Å². The van der Waals surface area contributed by atoms with E-state index < -0.39 is 5.82 Å². The molecule has 2 aliphatic heterocycles. The largest absolute Gasteiger partial charge is 0.481 e. The van der Waals surface area contributed by atoms with Crippen LogP contribution in [0.15, 0.2) is 12.1 Å². The Morgan fingerprint density at radius 3 is 2.68 bits per heavy atom. The van der Waals surface area contributed by atoms with Gasteiger partial charge in [0.25, 0.3) is 11.8 Å². The summed E-state index contributed by atoms with van der Waals surface area (Å²) in [6.07, 6.45) is 8.29. The summed E-state index contributed by atoms with van der Waals surface area (Å²) < 4.78 is 25.7. The lowest BCUT2D eigenvalue weighted by Gasteiger charge is -2.33. The third-order valence-corrected chi connectivity index (χ3v) is 5.95. The van der Waals surface area contributed by atoms with Crippen molar-refractivity contribution in [1.82, 2.24) is 4.90 Å². The summed E-state index contributed by atoms with van der Waals surface area (Å²) in [5, 5.41) is 2.62. The minimum atomic E-state index is -0.623. The number of carbonyl (C=O) groups excluding carboxylic acids is 2. The fourth-order valence-electron chi connectivity index (χ4n) is 4.24. The lowest BCUT2D eigenvalue weighted by Crippen LogP contribution is -2.40. The maximum absolute atomic E-state index is 14.4. The average Bonchev–Trinajstić information content (AvgIpc) is 2.73. The first kappa shape index (κ1) is 19.2. The first-order valence-electron chi connectivity index (χ1n) is 10.3. The van der Waals surface area contributed by atoms with E-state index in [1.807, 2.05) is 0 Å². The molecular weight excluding hydrogens is 363 g/mol. The van der Waals surface area contributed by atoms with Gasteiger partial charge in [-0.25, -0.2) is 4.39 Å². The number of hydrogen-bond acceptors (Lipinski definition) is 4. The van der Waals surface area contributed by atoms with Crippen molar-refractivity contribution in [3.05, 3.63) is 23.5 Å². The number of hydrogen-bond donors (Lipinski definition) is 1. The second-order valence-electron chi connectivity index (χ2n) is 7.99. The first-order chi connectivity index (χ1) is 13.6. The molecule has 0 bridgehead atoms. The Balaban J connectivity index is 1.32. The third-order valence-electron chi connectivity index (χ3n) is 5.95. The molecule has 1 aliphatic carbocycles. The van der Waals surface area contributed by atoms with Gasteiger partial charge in [-0.1, -0.05) is 19.3 Å². The predicted molar refractivity (Wildman–Crippen MR) is 102 cm³/mol. The number of halogens is 1. The van der Waals surface area contributed by atoms with Crippen LogP contribution in [0.25, 0.3) is 0 Å². The van der Waals surface area contributed by atoms with E-state index >= 15 is 0 Å². The highest BCUT2D eigenvalue weighted by atomic mass is 19.1. The second-order valence-corrected chi connectivity index (χ2v) is 7.99. The van der Waals surface area contributed by atoms with Crippen LogP contribution in [0.1, 0.15) is 55.3 Å². The molecule has 0 radical (unpaired) electrons. The van der Waals surface area contributed by atoms with E-state index in [0.29, 0.717) is 30.8 Å². The molecule has 2 fully saturated rings. The van der Waals surface area contributed by atoms with Gasteiger partial charge in [-0.05, 0) is 37.7 Å². The lowest BCUT2D eigenvalue weighted by atomic mass is 9.95. The SMILES string of the molecule is O=C1COc2cc(F)c(C(=O)N3CCC(COC4CCCCC4)CC3)cc2N1. The molecule has 0 atom stereocenters. The van der Waals surface area contributed by atoms with E-state index in [1.165, 1.54) is 31.4 Å². The molecule has 2 amide bonds. The molecule has 4 rings (SSSR count). The fraction of sp³-hybridized carbons (Fsp3) is 0.619. The number of amides is 2. The lowest BCUT2D eigenvalue weighted by molar-refractivity contribution is -0.118. The molecule has 0 aromatic heterocycles. The second kappa shape index (κ2) is 8.47. The number of fused-ring (bicyclic) bond motifs is 1. The molecule has 1 N–H and O–H groups in total. The zero-order valence-electron chi connectivity index (χ0n) is 16.0. The number of ether oxygens (including phenoxy) is 2. The molecule has 1 saturated heterocycles. The van der Waals surface area contributed by atoms with Crippen LogP contribution in [-0.4, -0.2) is 49.1 Å². The van der Waals surface area contributed by atoms with Gasteiger partial charge in [0.1, 0.15) is 11.6 Å². The van der Waals surface area contributed by atoms with Crippen LogP contribution in [0.2, 0.25) is 0 Å². The van der Waals surface area contributed by atoms with Crippen LogP contribution in [0.4, 0.5) is 10.1 Å². The normalized spacial score (nSPS) is 21.0. The Labute approximate surface area is 164 Å². The highest BCUT2D eigenvalue weighted by Crippen LogP contribution is 2.32. The zero-order chi connectivity index (χ0) is 19.5. The van der Waals surface area contributed by atoms with E-state index in [0.717, 1.165) is 32.3 Å². The van der Waals surface area contributed by atoms with Crippen molar-refractivity contribution >= 4 is 17.5 Å². The molecular formula is C21H27FN2O4. The van der Waals surface area contributed by atoms with Crippen LogP contribution >= 0.6 is 0 Å². The van der Waals surface area contributed by atoms with Crippen LogP contribution < -0.4 is 10.1 Å². The zero-order valence-corrected chi connectivity index (χ0v) is 16.0. The number of benzene rings is 1. The highest BCUT2D eigenvalue weighted by Gasteiger charge is 2.28. The van der Waals surface area contributed by atoms with Crippen molar-refractivity contribution in [3.63, 3.8) is 0 Å². The maximum atomic E-state index is 14.4. The van der Waals surface area contributed by atoms with Crippen LogP contribution in [-0.2, 0) is 9.53 Å². The van der Waals surface area contributed by atoms with Crippen molar-refractivity contribution < 1.29 is 23.5 Å². The van der Waals surface area contributed by atoms with Gasteiger partial charge in [0.05, 0.1) is 17.4 Å². The fourth-order valence-corrected chi connectivity index (χ4v) is 4.24. The van der Waals surface area contributed by atoms with Crippen LogP contribution in [0.3, 0.4) is 0 Å². The van der Waals surface area contributed by atoms with Gasteiger partial charge >= 0.3 is 0 Å². The maximum Gasteiger partial charge on any atom is 0.262 e. The molecule has 1 aromatic carbocycles.